The highest BCUT2D eigenvalue weighted by atomic mass is 16.3. The molecule has 0 fully saturated rings. The molecule has 6 rings (SSSR count). The predicted molar refractivity (Wildman–Crippen MR) is 129 cm³/mol. The summed E-state index contributed by atoms with van der Waals surface area (Å²) in [4.78, 5) is 19.2. The standard InChI is InChI=1S/C28H18N4O/c1-4-11-19(12-5-1)25-30-26(20-13-6-2-7-14-20)32-27(31-25)22-17-10-18-23-24(22)29-28(33-23)21-15-8-3-9-16-21/h1-18H. The van der Waals surface area contributed by atoms with Crippen molar-refractivity contribution in [1.29, 1.82) is 0 Å². The number of fused-ring (bicyclic) bond motifs is 1. The maximum absolute atomic E-state index is 6.06. The Hall–Kier alpha value is -4.64. The van der Waals surface area contributed by atoms with Crippen molar-refractivity contribution in [1.82, 2.24) is 19.9 Å². The molecule has 6 aromatic rings. The molecular weight excluding hydrogens is 408 g/mol. The zero-order valence-corrected chi connectivity index (χ0v) is 17.6. The van der Waals surface area contributed by atoms with Crippen molar-refractivity contribution in [3.63, 3.8) is 0 Å². The van der Waals surface area contributed by atoms with Crippen molar-refractivity contribution in [3.05, 3.63) is 109 Å². The summed E-state index contributed by atoms with van der Waals surface area (Å²) in [5.74, 6) is 2.35. The van der Waals surface area contributed by atoms with Gasteiger partial charge in [0.25, 0.3) is 0 Å². The Morgan fingerprint density at radius 2 is 0.939 bits per heavy atom. The lowest BCUT2D eigenvalue weighted by molar-refractivity contribution is 0.620. The molecular formula is C28H18N4O. The van der Waals surface area contributed by atoms with E-state index < -0.39 is 0 Å². The molecule has 0 saturated heterocycles. The third-order valence-corrected chi connectivity index (χ3v) is 5.38. The first-order chi connectivity index (χ1) is 16.3. The van der Waals surface area contributed by atoms with Crippen LogP contribution >= 0.6 is 0 Å². The van der Waals surface area contributed by atoms with Crippen molar-refractivity contribution in [2.75, 3.05) is 0 Å². The van der Waals surface area contributed by atoms with Gasteiger partial charge in [-0.3, -0.25) is 0 Å². The van der Waals surface area contributed by atoms with Crippen molar-refractivity contribution < 1.29 is 4.42 Å². The van der Waals surface area contributed by atoms with Crippen LogP contribution in [0.4, 0.5) is 0 Å². The van der Waals surface area contributed by atoms with Gasteiger partial charge in [0.15, 0.2) is 23.1 Å². The second-order valence-corrected chi connectivity index (χ2v) is 7.58. The summed E-state index contributed by atoms with van der Waals surface area (Å²) in [6, 6.07) is 35.5. The number of para-hydroxylation sites is 1. The van der Waals surface area contributed by atoms with E-state index in [1.807, 2.05) is 109 Å². The van der Waals surface area contributed by atoms with Crippen LogP contribution in [0.2, 0.25) is 0 Å². The summed E-state index contributed by atoms with van der Waals surface area (Å²) in [5.41, 5.74) is 4.99. The quantitative estimate of drug-likeness (QED) is 0.314. The molecule has 0 atom stereocenters. The second-order valence-electron chi connectivity index (χ2n) is 7.58. The largest absolute Gasteiger partial charge is 0.436 e. The molecule has 2 heterocycles. The van der Waals surface area contributed by atoms with Gasteiger partial charge < -0.3 is 4.42 Å². The fraction of sp³-hybridized carbons (Fsp3) is 0. The average Bonchev–Trinajstić information content (AvgIpc) is 3.35. The van der Waals surface area contributed by atoms with E-state index in [1.54, 1.807) is 0 Å². The Morgan fingerprint density at radius 1 is 0.424 bits per heavy atom. The van der Waals surface area contributed by atoms with E-state index in [0.29, 0.717) is 28.9 Å². The number of hydrogen-bond acceptors (Lipinski definition) is 5. The summed E-state index contributed by atoms with van der Waals surface area (Å²) < 4.78 is 6.06. The molecule has 5 nitrogen and oxygen atoms in total. The SMILES string of the molecule is c1ccc(-c2nc(-c3ccccc3)nc(-c3cccc4oc(-c5ccccc5)nc34)n2)cc1. The van der Waals surface area contributed by atoms with Gasteiger partial charge in [0.1, 0.15) is 5.52 Å². The molecule has 0 radical (unpaired) electrons. The molecule has 0 aliphatic carbocycles. The van der Waals surface area contributed by atoms with Gasteiger partial charge in [-0.1, -0.05) is 84.9 Å². The van der Waals surface area contributed by atoms with E-state index in [4.69, 9.17) is 24.4 Å². The van der Waals surface area contributed by atoms with Crippen LogP contribution in [0.25, 0.3) is 56.7 Å². The number of nitrogens with zero attached hydrogens (tertiary/aromatic N) is 4. The minimum Gasteiger partial charge on any atom is -0.436 e. The summed E-state index contributed by atoms with van der Waals surface area (Å²) >= 11 is 0. The van der Waals surface area contributed by atoms with E-state index in [9.17, 15) is 0 Å². The third-order valence-electron chi connectivity index (χ3n) is 5.38. The maximum Gasteiger partial charge on any atom is 0.227 e. The fourth-order valence-corrected chi connectivity index (χ4v) is 3.76. The van der Waals surface area contributed by atoms with Crippen LogP contribution in [0.15, 0.2) is 114 Å². The lowest BCUT2D eigenvalue weighted by Crippen LogP contribution is -2.00. The topological polar surface area (TPSA) is 64.7 Å². The Bertz CT molecular complexity index is 1490. The number of hydrogen-bond donors (Lipinski definition) is 0. The van der Waals surface area contributed by atoms with Gasteiger partial charge in [-0.15, -0.1) is 0 Å². The van der Waals surface area contributed by atoms with Crippen molar-refractivity contribution in [2.45, 2.75) is 0 Å². The Morgan fingerprint density at radius 3 is 1.52 bits per heavy atom. The van der Waals surface area contributed by atoms with Crippen molar-refractivity contribution in [2.24, 2.45) is 0 Å². The third kappa shape index (κ3) is 3.66. The van der Waals surface area contributed by atoms with Crippen molar-refractivity contribution >= 4 is 11.1 Å². The highest BCUT2D eigenvalue weighted by molar-refractivity contribution is 5.90. The lowest BCUT2D eigenvalue weighted by atomic mass is 10.1. The van der Waals surface area contributed by atoms with E-state index in [-0.39, 0.29) is 0 Å². The molecule has 0 saturated carbocycles. The van der Waals surface area contributed by atoms with Gasteiger partial charge in [0.2, 0.25) is 5.89 Å². The molecule has 0 aliphatic heterocycles. The first-order valence-corrected chi connectivity index (χ1v) is 10.7. The summed E-state index contributed by atoms with van der Waals surface area (Å²) in [5, 5.41) is 0. The molecule has 2 aromatic heterocycles. The average molecular weight is 426 g/mol. The van der Waals surface area contributed by atoms with Crippen molar-refractivity contribution in [3.8, 4) is 45.6 Å². The Balaban J connectivity index is 1.56. The monoisotopic (exact) mass is 426 g/mol. The number of benzene rings is 4. The first kappa shape index (κ1) is 19.1. The van der Waals surface area contributed by atoms with E-state index in [0.717, 1.165) is 27.8 Å². The van der Waals surface area contributed by atoms with Crippen LogP contribution in [0, 0.1) is 0 Å². The van der Waals surface area contributed by atoms with Gasteiger partial charge in [0.05, 0.1) is 0 Å². The Kier molecular flexibility index (Phi) is 4.70. The van der Waals surface area contributed by atoms with Gasteiger partial charge in [0, 0.05) is 22.3 Å². The van der Waals surface area contributed by atoms with Gasteiger partial charge in [-0.05, 0) is 24.3 Å². The minimum absolute atomic E-state index is 0.557. The molecule has 5 heteroatoms. The predicted octanol–water partition coefficient (Wildman–Crippen LogP) is 6.68. The van der Waals surface area contributed by atoms with Crippen LogP contribution in [-0.4, -0.2) is 19.9 Å². The molecule has 0 bridgehead atoms. The summed E-state index contributed by atoms with van der Waals surface area (Å²) in [6.45, 7) is 0. The first-order valence-electron chi connectivity index (χ1n) is 10.7. The number of rotatable bonds is 4. The van der Waals surface area contributed by atoms with Gasteiger partial charge in [-0.2, -0.15) is 0 Å². The molecule has 0 aliphatic rings. The zero-order valence-electron chi connectivity index (χ0n) is 17.6. The molecule has 0 amide bonds. The van der Waals surface area contributed by atoms with Crippen LogP contribution < -0.4 is 0 Å². The zero-order chi connectivity index (χ0) is 22.0. The summed E-state index contributed by atoms with van der Waals surface area (Å²) in [6.07, 6.45) is 0. The highest BCUT2D eigenvalue weighted by Gasteiger charge is 2.17. The van der Waals surface area contributed by atoms with Crippen LogP contribution in [0.3, 0.4) is 0 Å². The minimum atomic E-state index is 0.557. The normalized spacial score (nSPS) is 11.0. The smallest absolute Gasteiger partial charge is 0.227 e. The Labute approximate surface area is 190 Å². The van der Waals surface area contributed by atoms with Crippen LogP contribution in [0.5, 0.6) is 0 Å². The summed E-state index contributed by atoms with van der Waals surface area (Å²) in [7, 11) is 0. The van der Waals surface area contributed by atoms with Crippen LogP contribution in [0.1, 0.15) is 0 Å². The number of aromatic nitrogens is 4. The molecule has 4 aromatic carbocycles. The van der Waals surface area contributed by atoms with Crippen LogP contribution in [-0.2, 0) is 0 Å². The second kappa shape index (κ2) is 8.13. The van der Waals surface area contributed by atoms with E-state index >= 15 is 0 Å². The highest BCUT2D eigenvalue weighted by Crippen LogP contribution is 2.32. The van der Waals surface area contributed by atoms with E-state index in [1.165, 1.54) is 0 Å². The van der Waals surface area contributed by atoms with Gasteiger partial charge in [-0.25, -0.2) is 19.9 Å². The molecule has 33 heavy (non-hydrogen) atoms. The maximum atomic E-state index is 6.06. The molecule has 0 unspecified atom stereocenters. The lowest BCUT2D eigenvalue weighted by Gasteiger charge is -2.08. The van der Waals surface area contributed by atoms with E-state index in [2.05, 4.69) is 0 Å². The molecule has 0 spiro atoms. The fourth-order valence-electron chi connectivity index (χ4n) is 3.76. The van der Waals surface area contributed by atoms with Gasteiger partial charge >= 0.3 is 0 Å². The number of oxazole rings is 1. The molecule has 0 N–H and O–H groups in total. The molecule has 156 valence electrons.